The second-order valence-corrected chi connectivity index (χ2v) is 3.92. The minimum Gasteiger partial charge on any atom is -0.370 e. The summed E-state index contributed by atoms with van der Waals surface area (Å²) in [6.45, 7) is 2.43. The van der Waals surface area contributed by atoms with Crippen LogP contribution in [0.3, 0.4) is 0 Å². The number of nitrogens with zero attached hydrogens (tertiary/aromatic N) is 4. The molecule has 9 nitrogen and oxygen atoms in total. The molecule has 0 radical (unpaired) electrons. The van der Waals surface area contributed by atoms with E-state index < -0.39 is 10.8 Å². The largest absolute Gasteiger partial charge is 0.370 e. The molecule has 1 amide bonds. The molecule has 2 rings (SSSR count). The van der Waals surface area contributed by atoms with E-state index in [1.165, 1.54) is 24.7 Å². The van der Waals surface area contributed by atoms with E-state index >= 15 is 0 Å². The summed E-state index contributed by atoms with van der Waals surface area (Å²) in [5, 5.41) is 16.3. The average molecular weight is 288 g/mol. The molecule has 0 atom stereocenters. The molecular weight excluding hydrogens is 276 g/mol. The Morgan fingerprint density at radius 1 is 1.29 bits per heavy atom. The van der Waals surface area contributed by atoms with Gasteiger partial charge in [0.15, 0.2) is 5.82 Å². The lowest BCUT2D eigenvalue weighted by Gasteiger charge is -2.07. The van der Waals surface area contributed by atoms with Crippen LogP contribution < -0.4 is 10.6 Å². The number of aromatic nitrogens is 3. The van der Waals surface area contributed by atoms with Crippen molar-refractivity contribution in [3.63, 3.8) is 0 Å². The van der Waals surface area contributed by atoms with Crippen LogP contribution in [-0.2, 0) is 0 Å². The number of rotatable bonds is 5. The van der Waals surface area contributed by atoms with Gasteiger partial charge in [-0.2, -0.15) is 0 Å². The Morgan fingerprint density at radius 2 is 2.10 bits per heavy atom. The number of carbonyl (C=O) groups excluding carboxylic acids is 1. The molecule has 2 aromatic heterocycles. The van der Waals surface area contributed by atoms with Crippen LogP contribution in [0, 0.1) is 10.1 Å². The predicted octanol–water partition coefficient (Wildman–Crippen LogP) is 1.46. The molecule has 0 bridgehead atoms. The monoisotopic (exact) mass is 288 g/mol. The molecule has 0 aliphatic carbocycles. The van der Waals surface area contributed by atoms with Crippen molar-refractivity contribution in [2.45, 2.75) is 6.92 Å². The van der Waals surface area contributed by atoms with Gasteiger partial charge < -0.3 is 10.6 Å². The molecule has 2 heterocycles. The minimum absolute atomic E-state index is 0.100. The first-order chi connectivity index (χ1) is 10.1. The molecule has 0 spiro atoms. The summed E-state index contributed by atoms with van der Waals surface area (Å²) in [6.07, 6.45) is 5.24. The number of carbonyl (C=O) groups is 1. The van der Waals surface area contributed by atoms with Gasteiger partial charge in [0.25, 0.3) is 11.6 Å². The van der Waals surface area contributed by atoms with Gasteiger partial charge in [-0.1, -0.05) is 0 Å². The molecule has 0 unspecified atom stereocenters. The van der Waals surface area contributed by atoms with E-state index in [1.807, 2.05) is 6.92 Å². The Balaban J connectivity index is 2.33. The highest BCUT2D eigenvalue weighted by molar-refractivity contribution is 6.06. The third-order valence-corrected chi connectivity index (χ3v) is 2.49. The highest BCUT2D eigenvalue weighted by Crippen LogP contribution is 2.21. The third kappa shape index (κ3) is 3.47. The quantitative estimate of drug-likeness (QED) is 0.630. The first-order valence-electron chi connectivity index (χ1n) is 6.07. The predicted molar refractivity (Wildman–Crippen MR) is 75.0 cm³/mol. The first kappa shape index (κ1) is 14.3. The van der Waals surface area contributed by atoms with Gasteiger partial charge in [0.1, 0.15) is 17.6 Å². The van der Waals surface area contributed by atoms with Crippen molar-refractivity contribution < 1.29 is 9.72 Å². The normalized spacial score (nSPS) is 9.95. The Morgan fingerprint density at radius 3 is 2.71 bits per heavy atom. The molecule has 9 heteroatoms. The molecule has 21 heavy (non-hydrogen) atoms. The third-order valence-electron chi connectivity index (χ3n) is 2.49. The maximum Gasteiger partial charge on any atom is 0.300 e. The Kier molecular flexibility index (Phi) is 4.34. The highest BCUT2D eigenvalue weighted by Gasteiger charge is 2.22. The van der Waals surface area contributed by atoms with Crippen LogP contribution in [0.1, 0.15) is 17.3 Å². The zero-order chi connectivity index (χ0) is 15.2. The van der Waals surface area contributed by atoms with Crippen LogP contribution in [-0.4, -0.2) is 32.3 Å². The van der Waals surface area contributed by atoms with E-state index in [2.05, 4.69) is 25.6 Å². The van der Waals surface area contributed by atoms with Gasteiger partial charge in [-0.05, 0) is 6.92 Å². The fourth-order valence-corrected chi connectivity index (χ4v) is 1.60. The molecule has 108 valence electrons. The van der Waals surface area contributed by atoms with E-state index in [1.54, 1.807) is 0 Å². The molecule has 0 saturated heterocycles. The van der Waals surface area contributed by atoms with Gasteiger partial charge in [0.2, 0.25) is 0 Å². The molecule has 2 aromatic rings. The van der Waals surface area contributed by atoms with Crippen LogP contribution in [0.4, 0.5) is 17.3 Å². The lowest BCUT2D eigenvalue weighted by Crippen LogP contribution is -2.16. The number of nitro groups is 1. The second-order valence-electron chi connectivity index (χ2n) is 3.92. The van der Waals surface area contributed by atoms with Gasteiger partial charge in [-0.25, -0.2) is 9.97 Å². The van der Waals surface area contributed by atoms with Crippen molar-refractivity contribution in [2.75, 3.05) is 17.2 Å². The summed E-state index contributed by atoms with van der Waals surface area (Å²) in [5.74, 6) is -0.0604. The molecule has 0 aliphatic heterocycles. The van der Waals surface area contributed by atoms with Crippen molar-refractivity contribution in [1.82, 2.24) is 15.0 Å². The summed E-state index contributed by atoms with van der Waals surface area (Å²) in [7, 11) is 0. The van der Waals surface area contributed by atoms with E-state index in [-0.39, 0.29) is 17.1 Å². The number of amides is 1. The standard InChI is InChI=1S/C12H12N6O3/c1-2-14-10-5-8(9(6-16-10)18(20)21)12(19)17-11-7-13-3-4-15-11/h3-7H,2H2,1H3,(H,14,16)(H,15,17,19). The maximum atomic E-state index is 12.2. The second kappa shape index (κ2) is 6.37. The molecule has 0 aliphatic rings. The van der Waals surface area contributed by atoms with Crippen molar-refractivity contribution in [1.29, 1.82) is 0 Å². The molecule has 0 fully saturated rings. The number of hydrogen-bond acceptors (Lipinski definition) is 7. The van der Waals surface area contributed by atoms with Gasteiger partial charge in [0, 0.05) is 25.0 Å². The van der Waals surface area contributed by atoms with E-state index in [4.69, 9.17) is 0 Å². The van der Waals surface area contributed by atoms with Crippen LogP contribution in [0.2, 0.25) is 0 Å². The van der Waals surface area contributed by atoms with Crippen LogP contribution in [0.25, 0.3) is 0 Å². The Hall–Kier alpha value is -3.10. The smallest absolute Gasteiger partial charge is 0.300 e. The van der Waals surface area contributed by atoms with Gasteiger partial charge in [-0.15, -0.1) is 0 Å². The summed E-state index contributed by atoms with van der Waals surface area (Å²) in [6, 6.07) is 1.33. The number of anilines is 2. The van der Waals surface area contributed by atoms with Gasteiger partial charge in [-0.3, -0.25) is 19.9 Å². The van der Waals surface area contributed by atoms with Crippen LogP contribution >= 0.6 is 0 Å². The SMILES string of the molecule is CCNc1cc(C(=O)Nc2cnccn2)c([N+](=O)[O-])cn1. The number of nitrogens with one attached hydrogen (secondary N) is 2. The van der Waals surface area contributed by atoms with E-state index in [0.29, 0.717) is 12.4 Å². The van der Waals surface area contributed by atoms with E-state index in [9.17, 15) is 14.9 Å². The number of pyridine rings is 1. The lowest BCUT2D eigenvalue weighted by atomic mass is 10.2. The topological polar surface area (TPSA) is 123 Å². The fourth-order valence-electron chi connectivity index (χ4n) is 1.60. The Labute approximate surface area is 119 Å². The molecular formula is C12H12N6O3. The minimum atomic E-state index is -0.658. The van der Waals surface area contributed by atoms with Gasteiger partial charge in [0.05, 0.1) is 11.1 Å². The van der Waals surface area contributed by atoms with Crippen molar-refractivity contribution in [2.24, 2.45) is 0 Å². The van der Waals surface area contributed by atoms with Crippen LogP contribution in [0.15, 0.2) is 30.9 Å². The van der Waals surface area contributed by atoms with Crippen molar-refractivity contribution in [3.05, 3.63) is 46.5 Å². The Bertz CT molecular complexity index is 661. The van der Waals surface area contributed by atoms with Crippen molar-refractivity contribution >= 4 is 23.2 Å². The van der Waals surface area contributed by atoms with Crippen LogP contribution in [0.5, 0.6) is 0 Å². The molecule has 2 N–H and O–H groups in total. The highest BCUT2D eigenvalue weighted by atomic mass is 16.6. The lowest BCUT2D eigenvalue weighted by molar-refractivity contribution is -0.385. The molecule has 0 aromatic carbocycles. The number of hydrogen-bond donors (Lipinski definition) is 2. The first-order valence-corrected chi connectivity index (χ1v) is 6.07. The van der Waals surface area contributed by atoms with Gasteiger partial charge >= 0.3 is 0 Å². The molecule has 0 saturated carbocycles. The average Bonchev–Trinajstić information content (AvgIpc) is 2.48. The summed E-state index contributed by atoms with van der Waals surface area (Å²) in [5.41, 5.74) is -0.477. The zero-order valence-electron chi connectivity index (χ0n) is 11.1. The summed E-state index contributed by atoms with van der Waals surface area (Å²) < 4.78 is 0. The zero-order valence-corrected chi connectivity index (χ0v) is 11.1. The summed E-state index contributed by atoms with van der Waals surface area (Å²) >= 11 is 0. The van der Waals surface area contributed by atoms with Crippen molar-refractivity contribution in [3.8, 4) is 0 Å². The maximum absolute atomic E-state index is 12.2. The van der Waals surface area contributed by atoms with E-state index in [0.717, 1.165) is 6.20 Å². The summed E-state index contributed by atoms with van der Waals surface area (Å²) in [4.78, 5) is 34.0. The fraction of sp³-hybridized carbons (Fsp3) is 0.167.